The van der Waals surface area contributed by atoms with Gasteiger partial charge in [-0.3, -0.25) is 14.8 Å². The molecule has 116 valence electrons. The second-order valence-electron chi connectivity index (χ2n) is 7.06. The van der Waals surface area contributed by atoms with Gasteiger partial charge in [-0.1, -0.05) is 26.3 Å². The fourth-order valence-electron chi connectivity index (χ4n) is 3.98. The lowest BCUT2D eigenvalue weighted by Gasteiger charge is -2.50. The first kappa shape index (κ1) is 15.0. The number of hydrogen-bond acceptors (Lipinski definition) is 3. The SMILES string of the molecule is CC(C)C1CN2CCCCC2CN1CCc1cccnc1. The highest BCUT2D eigenvalue weighted by Crippen LogP contribution is 2.27. The van der Waals surface area contributed by atoms with Crippen LogP contribution in [0.2, 0.25) is 0 Å². The van der Waals surface area contributed by atoms with Crippen LogP contribution in [0, 0.1) is 5.92 Å². The fraction of sp³-hybridized carbons (Fsp3) is 0.722. The molecule has 3 heterocycles. The van der Waals surface area contributed by atoms with Crippen molar-refractivity contribution in [1.29, 1.82) is 0 Å². The molecule has 0 saturated carbocycles. The topological polar surface area (TPSA) is 19.4 Å². The zero-order valence-corrected chi connectivity index (χ0v) is 13.5. The highest BCUT2D eigenvalue weighted by atomic mass is 15.3. The molecular formula is C18H29N3. The number of fused-ring (bicyclic) bond motifs is 1. The Morgan fingerprint density at radius 3 is 2.95 bits per heavy atom. The monoisotopic (exact) mass is 287 g/mol. The average Bonchev–Trinajstić information content (AvgIpc) is 2.53. The Balaban J connectivity index is 1.63. The van der Waals surface area contributed by atoms with Gasteiger partial charge in [0.15, 0.2) is 0 Å². The molecule has 21 heavy (non-hydrogen) atoms. The van der Waals surface area contributed by atoms with Crippen LogP contribution in [0.25, 0.3) is 0 Å². The highest BCUT2D eigenvalue weighted by Gasteiger charge is 2.35. The first-order chi connectivity index (χ1) is 10.2. The molecule has 0 spiro atoms. The molecule has 0 N–H and O–H groups in total. The van der Waals surface area contributed by atoms with Gasteiger partial charge in [-0.05, 0) is 43.4 Å². The molecule has 2 saturated heterocycles. The molecule has 0 aromatic carbocycles. The lowest BCUT2D eigenvalue weighted by molar-refractivity contribution is -0.00675. The number of nitrogens with zero attached hydrogens (tertiary/aromatic N) is 3. The number of pyridine rings is 1. The minimum absolute atomic E-state index is 0.719. The van der Waals surface area contributed by atoms with Gasteiger partial charge in [0.2, 0.25) is 0 Å². The molecular weight excluding hydrogens is 258 g/mol. The van der Waals surface area contributed by atoms with E-state index in [4.69, 9.17) is 0 Å². The van der Waals surface area contributed by atoms with Gasteiger partial charge in [0.05, 0.1) is 0 Å². The normalized spacial score (nSPS) is 27.8. The van der Waals surface area contributed by atoms with E-state index in [1.54, 1.807) is 0 Å². The van der Waals surface area contributed by atoms with Crippen LogP contribution in [0.4, 0.5) is 0 Å². The Hall–Kier alpha value is -0.930. The van der Waals surface area contributed by atoms with Crippen molar-refractivity contribution in [2.24, 2.45) is 5.92 Å². The summed E-state index contributed by atoms with van der Waals surface area (Å²) in [6.45, 7) is 9.81. The van der Waals surface area contributed by atoms with Crippen molar-refractivity contribution in [1.82, 2.24) is 14.8 Å². The maximum absolute atomic E-state index is 4.24. The Labute approximate surface area is 129 Å². The largest absolute Gasteiger partial charge is 0.298 e. The van der Waals surface area contributed by atoms with Crippen LogP contribution in [0.1, 0.15) is 38.7 Å². The molecule has 2 aliphatic rings. The van der Waals surface area contributed by atoms with E-state index in [0.717, 1.165) is 24.4 Å². The molecule has 3 nitrogen and oxygen atoms in total. The van der Waals surface area contributed by atoms with Gasteiger partial charge >= 0.3 is 0 Å². The molecule has 0 radical (unpaired) electrons. The molecule has 0 bridgehead atoms. The van der Waals surface area contributed by atoms with Gasteiger partial charge in [0.1, 0.15) is 0 Å². The van der Waals surface area contributed by atoms with E-state index in [9.17, 15) is 0 Å². The van der Waals surface area contributed by atoms with Crippen molar-refractivity contribution in [2.45, 2.75) is 51.6 Å². The second kappa shape index (κ2) is 6.89. The number of rotatable bonds is 4. The maximum Gasteiger partial charge on any atom is 0.0300 e. The van der Waals surface area contributed by atoms with Gasteiger partial charge in [-0.2, -0.15) is 0 Å². The van der Waals surface area contributed by atoms with E-state index in [1.165, 1.54) is 51.0 Å². The van der Waals surface area contributed by atoms with Crippen LogP contribution < -0.4 is 0 Å². The first-order valence-corrected chi connectivity index (χ1v) is 8.61. The van der Waals surface area contributed by atoms with Gasteiger partial charge in [-0.15, -0.1) is 0 Å². The second-order valence-corrected chi connectivity index (χ2v) is 7.06. The number of hydrogen-bond donors (Lipinski definition) is 0. The van der Waals surface area contributed by atoms with E-state index in [2.05, 4.69) is 34.7 Å². The number of piperidine rings is 1. The minimum Gasteiger partial charge on any atom is -0.298 e. The minimum atomic E-state index is 0.719. The summed E-state index contributed by atoms with van der Waals surface area (Å²) >= 11 is 0. The maximum atomic E-state index is 4.24. The third kappa shape index (κ3) is 3.64. The molecule has 1 aromatic rings. The Morgan fingerprint density at radius 1 is 1.29 bits per heavy atom. The van der Waals surface area contributed by atoms with Crippen LogP contribution >= 0.6 is 0 Å². The highest BCUT2D eigenvalue weighted by molar-refractivity contribution is 5.09. The fourth-order valence-corrected chi connectivity index (χ4v) is 3.98. The van der Waals surface area contributed by atoms with E-state index < -0.39 is 0 Å². The van der Waals surface area contributed by atoms with Gasteiger partial charge in [-0.25, -0.2) is 0 Å². The Morgan fingerprint density at radius 2 is 2.19 bits per heavy atom. The Kier molecular flexibility index (Phi) is 4.91. The van der Waals surface area contributed by atoms with E-state index in [1.807, 2.05) is 18.5 Å². The summed E-state index contributed by atoms with van der Waals surface area (Å²) in [5.41, 5.74) is 1.37. The summed E-state index contributed by atoms with van der Waals surface area (Å²) in [4.78, 5) is 9.75. The first-order valence-electron chi connectivity index (χ1n) is 8.61. The summed E-state index contributed by atoms with van der Waals surface area (Å²) in [6.07, 6.45) is 9.22. The predicted octanol–water partition coefficient (Wildman–Crippen LogP) is 2.82. The number of aromatic nitrogens is 1. The average molecular weight is 287 g/mol. The lowest BCUT2D eigenvalue weighted by atomic mass is 9.92. The smallest absolute Gasteiger partial charge is 0.0300 e. The summed E-state index contributed by atoms with van der Waals surface area (Å²) in [5.74, 6) is 0.738. The van der Waals surface area contributed by atoms with Crippen molar-refractivity contribution < 1.29 is 0 Å². The summed E-state index contributed by atoms with van der Waals surface area (Å²) in [5, 5.41) is 0. The quantitative estimate of drug-likeness (QED) is 0.849. The molecule has 3 rings (SSSR count). The zero-order chi connectivity index (χ0) is 14.7. The Bertz CT molecular complexity index is 431. The van der Waals surface area contributed by atoms with Crippen LogP contribution in [-0.4, -0.2) is 53.0 Å². The van der Waals surface area contributed by atoms with Crippen LogP contribution in [0.5, 0.6) is 0 Å². The lowest BCUT2D eigenvalue weighted by Crippen LogP contribution is -2.61. The molecule has 1 aromatic heterocycles. The van der Waals surface area contributed by atoms with Crippen molar-refractivity contribution in [3.63, 3.8) is 0 Å². The van der Waals surface area contributed by atoms with Crippen molar-refractivity contribution in [2.75, 3.05) is 26.2 Å². The summed E-state index contributed by atoms with van der Waals surface area (Å²) in [7, 11) is 0. The van der Waals surface area contributed by atoms with Gasteiger partial charge in [0.25, 0.3) is 0 Å². The molecule has 0 amide bonds. The molecule has 3 heteroatoms. The zero-order valence-electron chi connectivity index (χ0n) is 13.5. The van der Waals surface area contributed by atoms with E-state index in [0.29, 0.717) is 0 Å². The molecule has 2 aliphatic heterocycles. The van der Waals surface area contributed by atoms with Gasteiger partial charge < -0.3 is 0 Å². The third-order valence-corrected chi connectivity index (χ3v) is 5.26. The molecule has 2 atom stereocenters. The van der Waals surface area contributed by atoms with Crippen molar-refractivity contribution in [3.8, 4) is 0 Å². The van der Waals surface area contributed by atoms with E-state index in [-0.39, 0.29) is 0 Å². The van der Waals surface area contributed by atoms with Crippen LogP contribution in [0.3, 0.4) is 0 Å². The molecule has 2 fully saturated rings. The number of piperazine rings is 1. The molecule has 2 unspecified atom stereocenters. The van der Waals surface area contributed by atoms with Crippen LogP contribution in [0.15, 0.2) is 24.5 Å². The van der Waals surface area contributed by atoms with Crippen molar-refractivity contribution in [3.05, 3.63) is 30.1 Å². The van der Waals surface area contributed by atoms with Gasteiger partial charge in [0, 0.05) is 44.1 Å². The summed E-state index contributed by atoms with van der Waals surface area (Å²) in [6, 6.07) is 5.78. The molecule has 0 aliphatic carbocycles. The summed E-state index contributed by atoms with van der Waals surface area (Å²) < 4.78 is 0. The van der Waals surface area contributed by atoms with Crippen LogP contribution in [-0.2, 0) is 6.42 Å². The standard InChI is InChI=1S/C18H29N3/c1-15(2)18-14-20-10-4-3-7-17(20)13-21(18)11-8-16-6-5-9-19-12-16/h5-6,9,12,15,17-18H,3-4,7-8,10-11,13-14H2,1-2H3. The predicted molar refractivity (Wildman–Crippen MR) is 87.4 cm³/mol. The third-order valence-electron chi connectivity index (χ3n) is 5.26. The van der Waals surface area contributed by atoms with E-state index >= 15 is 0 Å². The van der Waals surface area contributed by atoms with Crippen molar-refractivity contribution >= 4 is 0 Å².